The smallest absolute Gasteiger partial charge is 0.263 e. The molecule has 0 radical (unpaired) electrons. The van der Waals surface area contributed by atoms with Crippen LogP contribution in [0.3, 0.4) is 0 Å². The first kappa shape index (κ1) is 21.0. The lowest BCUT2D eigenvalue weighted by molar-refractivity contribution is -0.118. The number of methoxy groups -OCH3 is 1. The van der Waals surface area contributed by atoms with E-state index in [9.17, 15) is 4.79 Å². The number of anilines is 1. The first-order chi connectivity index (χ1) is 15.5. The van der Waals surface area contributed by atoms with Crippen molar-refractivity contribution in [2.75, 3.05) is 19.0 Å². The number of rotatable bonds is 7. The van der Waals surface area contributed by atoms with Gasteiger partial charge in [0.25, 0.3) is 11.8 Å². The average Bonchev–Trinajstić information content (AvgIpc) is 3.28. The summed E-state index contributed by atoms with van der Waals surface area (Å²) in [5.41, 5.74) is 3.51. The summed E-state index contributed by atoms with van der Waals surface area (Å²) >= 11 is 0. The van der Waals surface area contributed by atoms with Crippen molar-refractivity contribution in [2.45, 2.75) is 13.8 Å². The summed E-state index contributed by atoms with van der Waals surface area (Å²) in [5.74, 6) is 1.88. The Morgan fingerprint density at radius 2 is 1.75 bits per heavy atom. The van der Waals surface area contributed by atoms with Gasteiger partial charge < -0.3 is 19.3 Å². The number of ether oxygens (including phenoxy) is 2. The van der Waals surface area contributed by atoms with Gasteiger partial charge in [-0.25, -0.2) is 4.98 Å². The molecule has 2 heterocycles. The van der Waals surface area contributed by atoms with Crippen molar-refractivity contribution >= 4 is 11.7 Å². The molecule has 0 atom stereocenters. The number of aryl methyl sites for hydroxylation is 2. The summed E-state index contributed by atoms with van der Waals surface area (Å²) in [6.45, 7) is 3.68. The number of hydrogen-bond acceptors (Lipinski definition) is 7. The van der Waals surface area contributed by atoms with E-state index >= 15 is 0 Å². The SMILES string of the molecule is COc1cc(-c2noc(-c3ccc(C)cc3)n2)ccc1OCC(=O)Nc1cccc(C)n1. The standard InChI is InChI=1S/C24H22N4O4/c1-15-7-9-17(10-8-15)24-27-23(28-32-24)18-11-12-19(20(13-18)30-3)31-14-22(29)26-21-6-4-5-16(2)25-21/h4-13H,14H2,1-3H3,(H,25,26,29). The molecule has 1 amide bonds. The van der Waals surface area contributed by atoms with E-state index in [1.807, 2.05) is 50.2 Å². The van der Waals surface area contributed by atoms with Gasteiger partial charge in [-0.05, 0) is 56.3 Å². The Balaban J connectivity index is 1.45. The lowest BCUT2D eigenvalue weighted by Crippen LogP contribution is -2.21. The molecule has 0 saturated carbocycles. The molecular weight excluding hydrogens is 408 g/mol. The van der Waals surface area contributed by atoms with Crippen LogP contribution in [0.1, 0.15) is 11.3 Å². The van der Waals surface area contributed by atoms with Crippen LogP contribution in [-0.2, 0) is 4.79 Å². The average molecular weight is 430 g/mol. The van der Waals surface area contributed by atoms with Gasteiger partial charge in [-0.3, -0.25) is 4.79 Å². The fourth-order valence-corrected chi connectivity index (χ4v) is 3.01. The maximum absolute atomic E-state index is 12.2. The first-order valence-electron chi connectivity index (χ1n) is 9.97. The van der Waals surface area contributed by atoms with Crippen LogP contribution in [0.25, 0.3) is 22.8 Å². The third-order valence-corrected chi connectivity index (χ3v) is 4.66. The topological polar surface area (TPSA) is 99.4 Å². The lowest BCUT2D eigenvalue weighted by atomic mass is 10.1. The number of carbonyl (C=O) groups excluding carboxylic acids is 1. The van der Waals surface area contributed by atoms with E-state index in [2.05, 4.69) is 20.4 Å². The van der Waals surface area contributed by atoms with Crippen molar-refractivity contribution in [3.8, 4) is 34.3 Å². The fourth-order valence-electron chi connectivity index (χ4n) is 3.01. The monoisotopic (exact) mass is 430 g/mol. The minimum Gasteiger partial charge on any atom is -0.493 e. The number of aromatic nitrogens is 3. The lowest BCUT2D eigenvalue weighted by Gasteiger charge is -2.11. The molecule has 8 nitrogen and oxygen atoms in total. The van der Waals surface area contributed by atoms with Crippen LogP contribution in [-0.4, -0.2) is 34.7 Å². The van der Waals surface area contributed by atoms with E-state index in [1.165, 1.54) is 7.11 Å². The maximum Gasteiger partial charge on any atom is 0.263 e. The van der Waals surface area contributed by atoms with E-state index < -0.39 is 0 Å². The maximum atomic E-state index is 12.2. The molecule has 4 rings (SSSR count). The van der Waals surface area contributed by atoms with Gasteiger partial charge in [-0.2, -0.15) is 4.98 Å². The molecule has 1 N–H and O–H groups in total. The zero-order valence-electron chi connectivity index (χ0n) is 18.0. The number of carbonyl (C=O) groups is 1. The predicted octanol–water partition coefficient (Wildman–Crippen LogP) is 4.44. The number of nitrogens with zero attached hydrogens (tertiary/aromatic N) is 3. The molecule has 2 aromatic heterocycles. The Labute approximate surface area is 185 Å². The van der Waals surface area contributed by atoms with Gasteiger partial charge in [0.15, 0.2) is 18.1 Å². The van der Waals surface area contributed by atoms with Crippen LogP contribution in [0.15, 0.2) is 65.2 Å². The number of benzene rings is 2. The Bertz CT molecular complexity index is 1230. The van der Waals surface area contributed by atoms with Crippen molar-refractivity contribution in [2.24, 2.45) is 0 Å². The van der Waals surface area contributed by atoms with E-state index in [0.29, 0.717) is 34.6 Å². The molecule has 8 heteroatoms. The second kappa shape index (κ2) is 9.30. The van der Waals surface area contributed by atoms with E-state index in [0.717, 1.165) is 16.8 Å². The Morgan fingerprint density at radius 1 is 0.969 bits per heavy atom. The Kier molecular flexibility index (Phi) is 6.12. The first-order valence-corrected chi connectivity index (χ1v) is 9.97. The molecule has 0 aliphatic heterocycles. The number of pyridine rings is 1. The second-order valence-electron chi connectivity index (χ2n) is 7.16. The summed E-state index contributed by atoms with van der Waals surface area (Å²) in [6, 6.07) is 18.4. The third-order valence-electron chi connectivity index (χ3n) is 4.66. The van der Waals surface area contributed by atoms with Crippen molar-refractivity contribution in [1.29, 1.82) is 0 Å². The fraction of sp³-hybridized carbons (Fsp3) is 0.167. The Morgan fingerprint density at radius 3 is 2.50 bits per heavy atom. The van der Waals surface area contributed by atoms with Crippen molar-refractivity contribution in [1.82, 2.24) is 15.1 Å². The van der Waals surface area contributed by atoms with Crippen molar-refractivity contribution in [3.63, 3.8) is 0 Å². The van der Waals surface area contributed by atoms with E-state index in [4.69, 9.17) is 14.0 Å². The zero-order chi connectivity index (χ0) is 22.5. The van der Waals surface area contributed by atoms with Crippen LogP contribution in [0.4, 0.5) is 5.82 Å². The van der Waals surface area contributed by atoms with Gasteiger partial charge in [0.05, 0.1) is 7.11 Å². The van der Waals surface area contributed by atoms with Gasteiger partial charge in [0.2, 0.25) is 5.82 Å². The van der Waals surface area contributed by atoms with E-state index in [-0.39, 0.29) is 12.5 Å². The zero-order valence-corrected chi connectivity index (χ0v) is 18.0. The molecule has 0 aliphatic carbocycles. The van der Waals surface area contributed by atoms with Crippen LogP contribution in [0.5, 0.6) is 11.5 Å². The van der Waals surface area contributed by atoms with E-state index in [1.54, 1.807) is 24.3 Å². The molecule has 0 bridgehead atoms. The van der Waals surface area contributed by atoms with Gasteiger partial charge >= 0.3 is 0 Å². The molecule has 0 spiro atoms. The van der Waals surface area contributed by atoms with Crippen LogP contribution < -0.4 is 14.8 Å². The number of hydrogen-bond donors (Lipinski definition) is 1. The highest BCUT2D eigenvalue weighted by atomic mass is 16.5. The molecular formula is C24H22N4O4. The summed E-state index contributed by atoms with van der Waals surface area (Å²) in [6.07, 6.45) is 0. The van der Waals surface area contributed by atoms with Gasteiger partial charge in [0.1, 0.15) is 5.82 Å². The van der Waals surface area contributed by atoms with Crippen LogP contribution in [0, 0.1) is 13.8 Å². The molecule has 0 saturated heterocycles. The highest BCUT2D eigenvalue weighted by Crippen LogP contribution is 2.32. The minimum absolute atomic E-state index is 0.189. The van der Waals surface area contributed by atoms with Crippen molar-refractivity contribution in [3.05, 3.63) is 71.9 Å². The molecule has 4 aromatic rings. The summed E-state index contributed by atoms with van der Waals surface area (Å²) < 4.78 is 16.5. The van der Waals surface area contributed by atoms with Crippen LogP contribution in [0.2, 0.25) is 0 Å². The summed E-state index contributed by atoms with van der Waals surface area (Å²) in [4.78, 5) is 20.9. The predicted molar refractivity (Wildman–Crippen MR) is 120 cm³/mol. The Hall–Kier alpha value is -4.20. The molecule has 32 heavy (non-hydrogen) atoms. The van der Waals surface area contributed by atoms with Gasteiger partial charge in [0, 0.05) is 16.8 Å². The second-order valence-corrected chi connectivity index (χ2v) is 7.16. The van der Waals surface area contributed by atoms with Crippen molar-refractivity contribution < 1.29 is 18.8 Å². The molecule has 0 aliphatic rings. The molecule has 162 valence electrons. The molecule has 0 fully saturated rings. The highest BCUT2D eigenvalue weighted by molar-refractivity contribution is 5.91. The summed E-state index contributed by atoms with van der Waals surface area (Å²) in [5, 5.41) is 6.77. The molecule has 0 unspecified atom stereocenters. The quantitative estimate of drug-likeness (QED) is 0.463. The number of nitrogens with one attached hydrogen (secondary N) is 1. The third kappa shape index (κ3) is 4.92. The highest BCUT2D eigenvalue weighted by Gasteiger charge is 2.14. The summed E-state index contributed by atoms with van der Waals surface area (Å²) in [7, 11) is 1.52. The molecule has 2 aromatic carbocycles. The minimum atomic E-state index is -0.324. The largest absolute Gasteiger partial charge is 0.493 e. The number of amides is 1. The van der Waals surface area contributed by atoms with Gasteiger partial charge in [-0.15, -0.1) is 0 Å². The van der Waals surface area contributed by atoms with Crippen LogP contribution >= 0.6 is 0 Å². The normalized spacial score (nSPS) is 10.6. The van der Waals surface area contributed by atoms with Gasteiger partial charge in [-0.1, -0.05) is 28.9 Å².